The number of hydrogen-bond donors (Lipinski definition) is 1. The van der Waals surface area contributed by atoms with Crippen molar-refractivity contribution >= 4 is 5.82 Å². The Hall–Kier alpha value is -3.19. The van der Waals surface area contributed by atoms with Crippen LogP contribution >= 0.6 is 0 Å². The van der Waals surface area contributed by atoms with Gasteiger partial charge in [0.25, 0.3) is 0 Å². The third-order valence-corrected chi connectivity index (χ3v) is 6.25. The highest BCUT2D eigenvalue weighted by atomic mass is 16.3. The van der Waals surface area contributed by atoms with Crippen LogP contribution in [0.4, 0.5) is 5.82 Å². The van der Waals surface area contributed by atoms with Crippen LogP contribution in [0.25, 0.3) is 16.9 Å². The molecule has 5 rings (SSSR count). The summed E-state index contributed by atoms with van der Waals surface area (Å²) in [5.41, 5.74) is 2.16. The van der Waals surface area contributed by atoms with Crippen LogP contribution in [0.15, 0.2) is 61.2 Å². The number of piperidine rings is 1. The predicted molar refractivity (Wildman–Crippen MR) is 112 cm³/mol. The number of phenols is 1. The van der Waals surface area contributed by atoms with Gasteiger partial charge < -0.3 is 14.6 Å². The molecule has 2 unspecified atom stereocenters. The molecule has 1 fully saturated rings. The number of rotatable bonds is 4. The van der Waals surface area contributed by atoms with Gasteiger partial charge in [-0.2, -0.15) is 0 Å². The Kier molecular flexibility index (Phi) is 4.32. The molecule has 7 heteroatoms. The standard InChI is InChI=1S/C22H24N6O/c1-26-15-3-4-16(26)12-18(11-15)27(2)22-8-7-20(24-25-22)19-6-5-17(13-21(19)29)28-10-9-23-14-28/h3-10,13-16,18,29H,11-12H2,1-2H3. The molecule has 0 amide bonds. The number of anilines is 1. The van der Waals surface area contributed by atoms with Gasteiger partial charge in [-0.3, -0.25) is 4.90 Å². The summed E-state index contributed by atoms with van der Waals surface area (Å²) in [6.45, 7) is 0. The average molecular weight is 388 g/mol. The summed E-state index contributed by atoms with van der Waals surface area (Å²) in [4.78, 5) is 8.71. The molecule has 0 aliphatic carbocycles. The monoisotopic (exact) mass is 388 g/mol. The summed E-state index contributed by atoms with van der Waals surface area (Å²) in [5.74, 6) is 1.03. The molecule has 2 bridgehead atoms. The fourth-order valence-electron chi connectivity index (χ4n) is 4.39. The third-order valence-electron chi connectivity index (χ3n) is 6.25. The molecule has 7 nitrogen and oxygen atoms in total. The summed E-state index contributed by atoms with van der Waals surface area (Å²) in [5, 5.41) is 19.3. The van der Waals surface area contributed by atoms with Crippen molar-refractivity contribution in [1.82, 2.24) is 24.6 Å². The Morgan fingerprint density at radius 2 is 1.86 bits per heavy atom. The lowest BCUT2D eigenvalue weighted by molar-refractivity contribution is 0.176. The van der Waals surface area contributed by atoms with E-state index in [1.165, 1.54) is 0 Å². The van der Waals surface area contributed by atoms with Gasteiger partial charge in [0, 0.05) is 49.2 Å². The molecular weight excluding hydrogens is 364 g/mol. The van der Waals surface area contributed by atoms with Crippen LogP contribution in [0.5, 0.6) is 5.75 Å². The van der Waals surface area contributed by atoms with E-state index in [1.807, 2.05) is 35.0 Å². The second kappa shape index (κ2) is 7.00. The number of phenolic OH excluding ortho intramolecular Hbond substituents is 1. The molecule has 2 aromatic heterocycles. The minimum atomic E-state index is 0.171. The Morgan fingerprint density at radius 3 is 2.48 bits per heavy atom. The lowest BCUT2D eigenvalue weighted by Gasteiger charge is -2.40. The van der Waals surface area contributed by atoms with E-state index in [1.54, 1.807) is 18.6 Å². The number of nitrogens with zero attached hydrogens (tertiary/aromatic N) is 6. The first-order valence-corrected chi connectivity index (χ1v) is 9.88. The SMILES string of the molecule is CN(c1ccc(-c2ccc(-n3ccnc3)cc2O)nn1)C1CC2C=CC(C1)N2C. The zero-order chi connectivity index (χ0) is 20.0. The van der Waals surface area contributed by atoms with Gasteiger partial charge >= 0.3 is 0 Å². The quantitative estimate of drug-likeness (QED) is 0.693. The van der Waals surface area contributed by atoms with Crippen molar-refractivity contribution in [3.8, 4) is 22.7 Å². The van der Waals surface area contributed by atoms with Crippen LogP contribution in [-0.2, 0) is 0 Å². The molecule has 0 saturated carbocycles. The molecule has 4 heterocycles. The van der Waals surface area contributed by atoms with Gasteiger partial charge in [0.05, 0.1) is 17.7 Å². The van der Waals surface area contributed by atoms with Gasteiger partial charge in [0.15, 0.2) is 5.82 Å². The summed E-state index contributed by atoms with van der Waals surface area (Å²) in [7, 11) is 4.29. The van der Waals surface area contributed by atoms with Crippen LogP contribution in [-0.4, -0.2) is 62.0 Å². The highest BCUT2D eigenvalue weighted by Gasteiger charge is 2.36. The Labute approximate surface area is 169 Å². The molecule has 1 N–H and O–H groups in total. The van der Waals surface area contributed by atoms with E-state index in [0.717, 1.165) is 24.3 Å². The largest absolute Gasteiger partial charge is 0.507 e. The highest BCUT2D eigenvalue weighted by molar-refractivity contribution is 5.69. The normalized spacial score (nSPS) is 23.4. The summed E-state index contributed by atoms with van der Waals surface area (Å²) >= 11 is 0. The van der Waals surface area contributed by atoms with Crippen molar-refractivity contribution in [3.05, 3.63) is 61.2 Å². The molecular formula is C22H24N6O. The minimum Gasteiger partial charge on any atom is -0.507 e. The molecule has 2 aliphatic heterocycles. The number of fused-ring (bicyclic) bond motifs is 2. The van der Waals surface area contributed by atoms with Crippen molar-refractivity contribution in [1.29, 1.82) is 0 Å². The first-order valence-electron chi connectivity index (χ1n) is 9.88. The van der Waals surface area contributed by atoms with Crippen LogP contribution in [0.2, 0.25) is 0 Å². The highest BCUT2D eigenvalue weighted by Crippen LogP contribution is 2.33. The van der Waals surface area contributed by atoms with Crippen LogP contribution in [0.1, 0.15) is 12.8 Å². The third kappa shape index (κ3) is 3.17. The summed E-state index contributed by atoms with van der Waals surface area (Å²) in [6.07, 6.45) is 12.1. The zero-order valence-electron chi connectivity index (χ0n) is 16.6. The van der Waals surface area contributed by atoms with E-state index >= 15 is 0 Å². The molecule has 1 aromatic carbocycles. The molecule has 0 radical (unpaired) electrons. The first-order chi connectivity index (χ1) is 14.1. The Balaban J connectivity index is 1.34. The van der Waals surface area contributed by atoms with Crippen LogP contribution in [0.3, 0.4) is 0 Å². The van der Waals surface area contributed by atoms with Crippen molar-refractivity contribution in [2.75, 3.05) is 19.0 Å². The molecule has 2 atom stereocenters. The van der Waals surface area contributed by atoms with Crippen molar-refractivity contribution < 1.29 is 5.11 Å². The van der Waals surface area contributed by atoms with Crippen molar-refractivity contribution in [2.24, 2.45) is 0 Å². The maximum atomic E-state index is 10.5. The van der Waals surface area contributed by atoms with Gasteiger partial charge in [-0.15, -0.1) is 10.2 Å². The van der Waals surface area contributed by atoms with E-state index < -0.39 is 0 Å². The van der Waals surface area contributed by atoms with Crippen LogP contribution in [0, 0.1) is 0 Å². The summed E-state index contributed by atoms with van der Waals surface area (Å²) < 4.78 is 1.84. The summed E-state index contributed by atoms with van der Waals surface area (Å²) in [6, 6.07) is 10.9. The molecule has 0 spiro atoms. The molecule has 29 heavy (non-hydrogen) atoms. The Morgan fingerprint density at radius 1 is 1.07 bits per heavy atom. The number of benzene rings is 1. The predicted octanol–water partition coefficient (Wildman–Crippen LogP) is 2.87. The van der Waals surface area contributed by atoms with Crippen LogP contribution < -0.4 is 4.90 Å². The second-order valence-electron chi connectivity index (χ2n) is 7.87. The molecule has 2 aliphatic rings. The fourth-order valence-corrected chi connectivity index (χ4v) is 4.39. The lowest BCUT2D eigenvalue weighted by Crippen LogP contribution is -2.48. The maximum absolute atomic E-state index is 10.5. The average Bonchev–Trinajstić information content (AvgIpc) is 3.33. The zero-order valence-corrected chi connectivity index (χ0v) is 16.6. The lowest BCUT2D eigenvalue weighted by atomic mass is 9.96. The number of likely N-dealkylation sites (N-methyl/N-ethyl adjacent to an activating group) is 1. The van der Waals surface area contributed by atoms with E-state index in [9.17, 15) is 5.11 Å². The van der Waals surface area contributed by atoms with Gasteiger partial charge in [-0.1, -0.05) is 12.2 Å². The molecule has 3 aromatic rings. The van der Waals surface area contributed by atoms with Gasteiger partial charge in [-0.05, 0) is 44.2 Å². The van der Waals surface area contributed by atoms with Gasteiger partial charge in [0.1, 0.15) is 5.75 Å². The van der Waals surface area contributed by atoms with Gasteiger partial charge in [0.2, 0.25) is 0 Å². The number of aromatic hydroxyl groups is 1. The minimum absolute atomic E-state index is 0.171. The molecule has 1 saturated heterocycles. The van der Waals surface area contributed by atoms with E-state index in [2.05, 4.69) is 51.2 Å². The fraction of sp³-hybridized carbons (Fsp3) is 0.318. The topological polar surface area (TPSA) is 70.3 Å². The molecule has 148 valence electrons. The smallest absolute Gasteiger partial charge is 0.151 e. The number of aromatic nitrogens is 4. The second-order valence-corrected chi connectivity index (χ2v) is 7.87. The van der Waals surface area contributed by atoms with Gasteiger partial charge in [-0.25, -0.2) is 4.98 Å². The Bertz CT molecular complexity index is 1010. The van der Waals surface area contributed by atoms with Crippen molar-refractivity contribution in [2.45, 2.75) is 31.0 Å². The van der Waals surface area contributed by atoms with E-state index in [-0.39, 0.29) is 5.75 Å². The first kappa shape index (κ1) is 17.9. The van der Waals surface area contributed by atoms with Crippen molar-refractivity contribution in [3.63, 3.8) is 0 Å². The number of imidazole rings is 1. The number of hydrogen-bond acceptors (Lipinski definition) is 6. The van der Waals surface area contributed by atoms with E-state index in [0.29, 0.717) is 29.4 Å². The maximum Gasteiger partial charge on any atom is 0.151 e. The van der Waals surface area contributed by atoms with E-state index in [4.69, 9.17) is 0 Å².